The molecule has 0 bridgehead atoms. The second-order valence-corrected chi connectivity index (χ2v) is 4.99. The molecule has 0 aliphatic rings. The van der Waals surface area contributed by atoms with E-state index < -0.39 is 6.10 Å². The molecule has 2 N–H and O–H groups in total. The fourth-order valence-corrected chi connectivity index (χ4v) is 2.23. The van der Waals surface area contributed by atoms with E-state index >= 15 is 0 Å². The molecular formula is C17H21NO2. The zero-order valence-electron chi connectivity index (χ0n) is 12.2. The first-order valence-corrected chi connectivity index (χ1v) is 6.73. The smallest absolute Gasteiger partial charge is 0.119 e. The fraction of sp³-hybridized carbons (Fsp3) is 0.294. The molecular weight excluding hydrogens is 250 g/mol. The quantitative estimate of drug-likeness (QED) is 0.875. The Bertz CT molecular complexity index is 564. The first kappa shape index (κ1) is 14.4. The lowest BCUT2D eigenvalue weighted by atomic mass is 10.0. The van der Waals surface area contributed by atoms with Gasteiger partial charge in [-0.15, -0.1) is 0 Å². The van der Waals surface area contributed by atoms with E-state index in [1.807, 2.05) is 43.3 Å². The van der Waals surface area contributed by atoms with Gasteiger partial charge in [-0.3, -0.25) is 0 Å². The molecule has 20 heavy (non-hydrogen) atoms. The Morgan fingerprint density at radius 1 is 1.10 bits per heavy atom. The SMILES string of the molecule is COc1ccc(NCC(O)c2ccc(C)cc2C)cc1. The number of nitrogens with one attached hydrogen (secondary N) is 1. The van der Waals surface area contributed by atoms with Crippen molar-refractivity contribution >= 4 is 5.69 Å². The largest absolute Gasteiger partial charge is 0.497 e. The van der Waals surface area contributed by atoms with Crippen LogP contribution < -0.4 is 10.1 Å². The Balaban J connectivity index is 1.98. The molecule has 1 unspecified atom stereocenters. The van der Waals surface area contributed by atoms with Gasteiger partial charge in [-0.1, -0.05) is 23.8 Å². The van der Waals surface area contributed by atoms with E-state index in [4.69, 9.17) is 4.74 Å². The minimum Gasteiger partial charge on any atom is -0.497 e. The summed E-state index contributed by atoms with van der Waals surface area (Å²) in [5, 5.41) is 13.5. The van der Waals surface area contributed by atoms with Crippen LogP contribution in [-0.2, 0) is 0 Å². The molecule has 0 spiro atoms. The molecule has 2 aromatic carbocycles. The van der Waals surface area contributed by atoms with Crippen molar-refractivity contribution < 1.29 is 9.84 Å². The third-order valence-electron chi connectivity index (χ3n) is 3.37. The van der Waals surface area contributed by atoms with E-state index in [1.54, 1.807) is 7.11 Å². The number of aliphatic hydroxyl groups is 1. The van der Waals surface area contributed by atoms with Gasteiger partial charge in [0.1, 0.15) is 5.75 Å². The number of aliphatic hydroxyl groups excluding tert-OH is 1. The van der Waals surface area contributed by atoms with Crippen LogP contribution in [0.5, 0.6) is 5.75 Å². The van der Waals surface area contributed by atoms with Crippen molar-refractivity contribution in [1.82, 2.24) is 0 Å². The molecule has 2 aromatic rings. The molecule has 0 fully saturated rings. The van der Waals surface area contributed by atoms with E-state index in [-0.39, 0.29) is 0 Å². The highest BCUT2D eigenvalue weighted by Gasteiger charge is 2.10. The fourth-order valence-electron chi connectivity index (χ4n) is 2.23. The van der Waals surface area contributed by atoms with Gasteiger partial charge >= 0.3 is 0 Å². The van der Waals surface area contributed by atoms with Gasteiger partial charge in [-0.25, -0.2) is 0 Å². The molecule has 0 aromatic heterocycles. The number of hydrogen-bond donors (Lipinski definition) is 2. The van der Waals surface area contributed by atoms with Crippen LogP contribution >= 0.6 is 0 Å². The van der Waals surface area contributed by atoms with Gasteiger partial charge in [-0.2, -0.15) is 0 Å². The molecule has 0 aliphatic heterocycles. The van der Waals surface area contributed by atoms with Gasteiger partial charge in [0, 0.05) is 12.2 Å². The van der Waals surface area contributed by atoms with Crippen molar-refractivity contribution in [2.24, 2.45) is 0 Å². The molecule has 3 nitrogen and oxygen atoms in total. The number of benzene rings is 2. The number of anilines is 1. The summed E-state index contributed by atoms with van der Waals surface area (Å²) >= 11 is 0. The second kappa shape index (κ2) is 6.44. The number of ether oxygens (including phenoxy) is 1. The zero-order chi connectivity index (χ0) is 14.5. The maximum atomic E-state index is 10.3. The molecule has 3 heteroatoms. The Morgan fingerprint density at radius 3 is 2.40 bits per heavy atom. The zero-order valence-corrected chi connectivity index (χ0v) is 12.2. The highest BCUT2D eigenvalue weighted by molar-refractivity contribution is 5.46. The number of hydrogen-bond acceptors (Lipinski definition) is 3. The molecule has 2 rings (SSSR count). The van der Waals surface area contributed by atoms with E-state index in [2.05, 4.69) is 18.3 Å². The first-order chi connectivity index (χ1) is 9.60. The minimum atomic E-state index is -0.516. The molecule has 0 amide bonds. The minimum absolute atomic E-state index is 0.482. The van der Waals surface area contributed by atoms with Gasteiger partial charge < -0.3 is 15.2 Å². The Hall–Kier alpha value is -2.00. The van der Waals surface area contributed by atoms with Crippen molar-refractivity contribution in [3.05, 3.63) is 59.2 Å². The third kappa shape index (κ3) is 3.52. The summed E-state index contributed by atoms with van der Waals surface area (Å²) in [5.74, 6) is 0.825. The lowest BCUT2D eigenvalue weighted by Gasteiger charge is -2.16. The third-order valence-corrected chi connectivity index (χ3v) is 3.37. The number of rotatable bonds is 5. The van der Waals surface area contributed by atoms with Crippen molar-refractivity contribution in [3.8, 4) is 5.75 Å². The van der Waals surface area contributed by atoms with Crippen LogP contribution in [0, 0.1) is 13.8 Å². The van der Waals surface area contributed by atoms with E-state index in [0.717, 1.165) is 22.6 Å². The predicted molar refractivity (Wildman–Crippen MR) is 82.4 cm³/mol. The van der Waals surface area contributed by atoms with Crippen LogP contribution in [0.25, 0.3) is 0 Å². The van der Waals surface area contributed by atoms with Gasteiger partial charge in [0.15, 0.2) is 0 Å². The van der Waals surface area contributed by atoms with Crippen molar-refractivity contribution in [1.29, 1.82) is 0 Å². The summed E-state index contributed by atoms with van der Waals surface area (Å²) in [6, 6.07) is 13.8. The van der Waals surface area contributed by atoms with Crippen LogP contribution in [-0.4, -0.2) is 18.8 Å². The summed E-state index contributed by atoms with van der Waals surface area (Å²) in [4.78, 5) is 0. The van der Waals surface area contributed by atoms with Crippen molar-refractivity contribution in [2.75, 3.05) is 19.0 Å². The van der Waals surface area contributed by atoms with Crippen molar-refractivity contribution in [3.63, 3.8) is 0 Å². The Labute approximate surface area is 120 Å². The molecule has 106 valence electrons. The summed E-state index contributed by atoms with van der Waals surface area (Å²) < 4.78 is 5.11. The average Bonchev–Trinajstić information content (AvgIpc) is 2.45. The maximum Gasteiger partial charge on any atom is 0.119 e. The molecule has 0 saturated heterocycles. The van der Waals surface area contributed by atoms with Gasteiger partial charge in [0.2, 0.25) is 0 Å². The van der Waals surface area contributed by atoms with Crippen LogP contribution in [0.4, 0.5) is 5.69 Å². The number of aryl methyl sites for hydroxylation is 2. The summed E-state index contributed by atoms with van der Waals surface area (Å²) in [6.07, 6.45) is -0.516. The monoisotopic (exact) mass is 271 g/mol. The topological polar surface area (TPSA) is 41.5 Å². The number of methoxy groups -OCH3 is 1. The van der Waals surface area contributed by atoms with Gasteiger partial charge in [-0.05, 0) is 49.2 Å². The lowest BCUT2D eigenvalue weighted by molar-refractivity contribution is 0.191. The summed E-state index contributed by atoms with van der Waals surface area (Å²) in [5.41, 5.74) is 4.27. The molecule has 1 atom stereocenters. The van der Waals surface area contributed by atoms with Gasteiger partial charge in [0.25, 0.3) is 0 Å². The molecule has 0 radical (unpaired) electrons. The highest BCUT2D eigenvalue weighted by atomic mass is 16.5. The summed E-state index contributed by atoms with van der Waals surface area (Å²) in [6.45, 7) is 4.56. The second-order valence-electron chi connectivity index (χ2n) is 4.99. The Kier molecular flexibility index (Phi) is 4.64. The summed E-state index contributed by atoms with van der Waals surface area (Å²) in [7, 11) is 1.65. The predicted octanol–water partition coefficient (Wildman–Crippen LogP) is 3.46. The van der Waals surface area contributed by atoms with Crippen molar-refractivity contribution in [2.45, 2.75) is 20.0 Å². The van der Waals surface area contributed by atoms with Crippen LogP contribution in [0.3, 0.4) is 0 Å². The average molecular weight is 271 g/mol. The molecule has 0 aliphatic carbocycles. The standard InChI is InChI=1S/C17H21NO2/c1-12-4-9-16(13(2)10-12)17(19)11-18-14-5-7-15(20-3)8-6-14/h4-10,17-19H,11H2,1-3H3. The van der Waals surface area contributed by atoms with E-state index in [1.165, 1.54) is 5.56 Å². The van der Waals surface area contributed by atoms with Crippen LogP contribution in [0.15, 0.2) is 42.5 Å². The maximum absolute atomic E-state index is 10.3. The van der Waals surface area contributed by atoms with Gasteiger partial charge in [0.05, 0.1) is 13.2 Å². The van der Waals surface area contributed by atoms with Crippen LogP contribution in [0.1, 0.15) is 22.8 Å². The van der Waals surface area contributed by atoms with Crippen LogP contribution in [0.2, 0.25) is 0 Å². The normalized spacial score (nSPS) is 12.0. The molecule has 0 saturated carbocycles. The Morgan fingerprint density at radius 2 is 1.80 bits per heavy atom. The lowest BCUT2D eigenvalue weighted by Crippen LogP contribution is -2.13. The highest BCUT2D eigenvalue weighted by Crippen LogP contribution is 2.20. The van der Waals surface area contributed by atoms with E-state index in [9.17, 15) is 5.11 Å². The van der Waals surface area contributed by atoms with E-state index in [0.29, 0.717) is 6.54 Å². The first-order valence-electron chi connectivity index (χ1n) is 6.73. The molecule has 0 heterocycles.